The Bertz CT molecular complexity index is 1070. The molecule has 210 valence electrons. The third-order valence-electron chi connectivity index (χ3n) is 7.00. The van der Waals surface area contributed by atoms with E-state index in [9.17, 15) is 4.79 Å². The summed E-state index contributed by atoms with van der Waals surface area (Å²) in [4.78, 5) is 12.7. The van der Waals surface area contributed by atoms with Crippen LogP contribution in [0.15, 0.2) is 72.8 Å². The topological polar surface area (TPSA) is 44.8 Å². The number of rotatable bonds is 18. The van der Waals surface area contributed by atoms with Crippen molar-refractivity contribution in [2.24, 2.45) is 0 Å². The van der Waals surface area contributed by atoms with Crippen molar-refractivity contribution in [3.8, 4) is 22.6 Å². The average Bonchev–Trinajstić information content (AvgIpc) is 2.97. The highest BCUT2D eigenvalue weighted by Crippen LogP contribution is 2.25. The van der Waals surface area contributed by atoms with Crippen molar-refractivity contribution in [3.05, 3.63) is 83.9 Å². The summed E-state index contributed by atoms with van der Waals surface area (Å²) >= 11 is 0. The zero-order chi connectivity index (χ0) is 27.7. The molecule has 3 aromatic carbocycles. The lowest BCUT2D eigenvalue weighted by Crippen LogP contribution is -2.08. The van der Waals surface area contributed by atoms with Crippen molar-refractivity contribution in [3.63, 3.8) is 0 Å². The Balaban J connectivity index is 1.44. The molecule has 0 N–H and O–H groups in total. The number of benzene rings is 3. The maximum absolute atomic E-state index is 12.7. The van der Waals surface area contributed by atoms with Gasteiger partial charge in [0.05, 0.1) is 18.3 Å². The maximum Gasteiger partial charge on any atom is 0.343 e. The first kappa shape index (κ1) is 30.4. The summed E-state index contributed by atoms with van der Waals surface area (Å²) in [5.74, 6) is 1.05. The second-order valence-electron chi connectivity index (χ2n) is 10.3. The Morgan fingerprint density at radius 1 is 0.615 bits per heavy atom. The monoisotopic (exact) mass is 530 g/mol. The van der Waals surface area contributed by atoms with Crippen LogP contribution in [0.2, 0.25) is 0 Å². The molecule has 0 spiro atoms. The van der Waals surface area contributed by atoms with Gasteiger partial charge in [-0.3, -0.25) is 0 Å². The molecule has 0 radical (unpaired) electrons. The summed E-state index contributed by atoms with van der Waals surface area (Å²) in [6, 6.07) is 23.2. The van der Waals surface area contributed by atoms with Crippen LogP contribution in [0.4, 0.5) is 0 Å². The molecular formula is C35H46O4. The molecule has 0 aliphatic rings. The molecule has 0 saturated heterocycles. The summed E-state index contributed by atoms with van der Waals surface area (Å²) in [5, 5.41) is 0. The van der Waals surface area contributed by atoms with E-state index in [4.69, 9.17) is 14.2 Å². The van der Waals surface area contributed by atoms with Gasteiger partial charge in [0.25, 0.3) is 0 Å². The number of hydrogen-bond acceptors (Lipinski definition) is 4. The average molecular weight is 531 g/mol. The molecular weight excluding hydrogens is 484 g/mol. The SMILES string of the molecule is CCCCCCCCOc1ccc(-c2ccc(C(=O)Oc3ccc(C(C)OCCCCCC)cc3)cc2)cc1. The number of ether oxygens (including phenoxy) is 3. The molecule has 4 heteroatoms. The van der Waals surface area contributed by atoms with E-state index in [1.54, 1.807) is 0 Å². The minimum atomic E-state index is -0.368. The molecule has 0 heterocycles. The lowest BCUT2D eigenvalue weighted by molar-refractivity contribution is 0.0627. The minimum absolute atomic E-state index is 0.0184. The highest BCUT2D eigenvalue weighted by Gasteiger charge is 2.11. The van der Waals surface area contributed by atoms with E-state index >= 15 is 0 Å². The zero-order valence-corrected chi connectivity index (χ0v) is 24.1. The summed E-state index contributed by atoms with van der Waals surface area (Å²) in [6.45, 7) is 8.03. The van der Waals surface area contributed by atoms with Gasteiger partial charge in [0.1, 0.15) is 11.5 Å². The highest BCUT2D eigenvalue weighted by molar-refractivity contribution is 5.91. The first-order chi connectivity index (χ1) is 19.1. The molecule has 0 amide bonds. The molecule has 0 aliphatic carbocycles. The normalized spacial score (nSPS) is 11.8. The van der Waals surface area contributed by atoms with Gasteiger partial charge in [-0.25, -0.2) is 4.79 Å². The lowest BCUT2D eigenvalue weighted by Gasteiger charge is -2.14. The molecule has 0 bridgehead atoms. The lowest BCUT2D eigenvalue weighted by atomic mass is 10.0. The van der Waals surface area contributed by atoms with Crippen molar-refractivity contribution in [2.45, 2.75) is 91.1 Å². The smallest absolute Gasteiger partial charge is 0.343 e. The molecule has 3 rings (SSSR count). The number of hydrogen-bond donors (Lipinski definition) is 0. The van der Waals surface area contributed by atoms with E-state index in [1.807, 2.05) is 60.7 Å². The van der Waals surface area contributed by atoms with Crippen molar-refractivity contribution in [2.75, 3.05) is 13.2 Å². The Morgan fingerprint density at radius 3 is 1.77 bits per heavy atom. The molecule has 4 nitrogen and oxygen atoms in total. The fourth-order valence-electron chi connectivity index (χ4n) is 4.47. The third kappa shape index (κ3) is 10.9. The van der Waals surface area contributed by atoms with Crippen molar-refractivity contribution in [1.82, 2.24) is 0 Å². The van der Waals surface area contributed by atoms with Crippen LogP contribution in [0, 0.1) is 0 Å². The van der Waals surface area contributed by atoms with Crippen LogP contribution >= 0.6 is 0 Å². The maximum atomic E-state index is 12.7. The fourth-order valence-corrected chi connectivity index (χ4v) is 4.47. The van der Waals surface area contributed by atoms with E-state index in [0.717, 1.165) is 48.5 Å². The number of unbranched alkanes of at least 4 members (excludes halogenated alkanes) is 8. The first-order valence-corrected chi connectivity index (χ1v) is 14.9. The van der Waals surface area contributed by atoms with Gasteiger partial charge in [0.15, 0.2) is 0 Å². The Morgan fingerprint density at radius 2 is 1.13 bits per heavy atom. The Hall–Kier alpha value is -3.11. The van der Waals surface area contributed by atoms with Crippen LogP contribution in [0.1, 0.15) is 107 Å². The van der Waals surface area contributed by atoms with E-state index in [1.165, 1.54) is 51.4 Å². The predicted octanol–water partition coefficient (Wildman–Crippen LogP) is 9.97. The Labute approximate surface area is 235 Å². The molecule has 39 heavy (non-hydrogen) atoms. The summed E-state index contributed by atoms with van der Waals surface area (Å²) in [7, 11) is 0. The second kappa shape index (κ2) is 17.5. The van der Waals surface area contributed by atoms with Crippen molar-refractivity contribution < 1.29 is 19.0 Å². The standard InChI is InChI=1S/C35H46O4/c1-4-6-8-10-11-13-27-38-33-22-20-31(21-23-33)30-14-16-32(17-15-30)35(36)39-34-24-18-29(19-25-34)28(3)37-26-12-9-7-5-2/h14-25,28H,4-13,26-27H2,1-3H3. The van der Waals surface area contributed by atoms with Gasteiger partial charge in [-0.05, 0) is 72.9 Å². The van der Waals surface area contributed by atoms with Gasteiger partial charge in [-0.2, -0.15) is 0 Å². The number of esters is 1. The number of carbonyl (C=O) groups excluding carboxylic acids is 1. The molecule has 0 aliphatic heterocycles. The van der Waals surface area contributed by atoms with Crippen LogP contribution in [-0.2, 0) is 4.74 Å². The number of carbonyl (C=O) groups is 1. The van der Waals surface area contributed by atoms with Gasteiger partial charge < -0.3 is 14.2 Å². The highest BCUT2D eigenvalue weighted by atomic mass is 16.5. The van der Waals surface area contributed by atoms with Crippen LogP contribution in [0.5, 0.6) is 11.5 Å². The Kier molecular flexibility index (Phi) is 13.6. The fraction of sp³-hybridized carbons (Fsp3) is 0.457. The van der Waals surface area contributed by atoms with Crippen LogP contribution < -0.4 is 9.47 Å². The third-order valence-corrected chi connectivity index (χ3v) is 7.00. The molecule has 0 aromatic heterocycles. The van der Waals surface area contributed by atoms with Crippen molar-refractivity contribution >= 4 is 5.97 Å². The van der Waals surface area contributed by atoms with Gasteiger partial charge in [0.2, 0.25) is 0 Å². The first-order valence-electron chi connectivity index (χ1n) is 14.9. The van der Waals surface area contributed by atoms with E-state index < -0.39 is 0 Å². The van der Waals surface area contributed by atoms with Crippen LogP contribution in [0.25, 0.3) is 11.1 Å². The quantitative estimate of drug-likeness (QED) is 0.0932. The molecule has 0 fully saturated rings. The molecule has 1 atom stereocenters. The van der Waals surface area contributed by atoms with E-state index in [-0.39, 0.29) is 12.1 Å². The summed E-state index contributed by atoms with van der Waals surface area (Å²) in [5.41, 5.74) is 3.72. The molecule has 1 unspecified atom stereocenters. The van der Waals surface area contributed by atoms with E-state index in [2.05, 4.69) is 32.9 Å². The minimum Gasteiger partial charge on any atom is -0.494 e. The second-order valence-corrected chi connectivity index (χ2v) is 10.3. The van der Waals surface area contributed by atoms with Gasteiger partial charge in [-0.15, -0.1) is 0 Å². The van der Waals surface area contributed by atoms with Gasteiger partial charge >= 0.3 is 5.97 Å². The largest absolute Gasteiger partial charge is 0.494 e. The van der Waals surface area contributed by atoms with E-state index in [0.29, 0.717) is 11.3 Å². The zero-order valence-electron chi connectivity index (χ0n) is 24.1. The summed E-state index contributed by atoms with van der Waals surface area (Å²) < 4.78 is 17.4. The van der Waals surface area contributed by atoms with Crippen molar-refractivity contribution in [1.29, 1.82) is 0 Å². The predicted molar refractivity (Wildman–Crippen MR) is 161 cm³/mol. The molecule has 3 aromatic rings. The van der Waals surface area contributed by atoms with Crippen LogP contribution in [0.3, 0.4) is 0 Å². The van der Waals surface area contributed by atoms with Gasteiger partial charge in [0, 0.05) is 6.61 Å². The van der Waals surface area contributed by atoms with Gasteiger partial charge in [-0.1, -0.05) is 102 Å². The summed E-state index contributed by atoms with van der Waals surface area (Å²) in [6.07, 6.45) is 12.3. The van der Waals surface area contributed by atoms with Crippen LogP contribution in [-0.4, -0.2) is 19.2 Å². The molecule has 0 saturated carbocycles.